The Bertz CT molecular complexity index is 915. The van der Waals surface area contributed by atoms with E-state index in [0.29, 0.717) is 6.54 Å². The highest BCUT2D eigenvalue weighted by molar-refractivity contribution is 5.89. The van der Waals surface area contributed by atoms with E-state index in [9.17, 15) is 4.79 Å². The van der Waals surface area contributed by atoms with Crippen molar-refractivity contribution in [1.82, 2.24) is 15.2 Å². The third-order valence-corrected chi connectivity index (χ3v) is 5.34. The van der Waals surface area contributed by atoms with E-state index in [2.05, 4.69) is 63.7 Å². The number of H-pyrrole nitrogens is 1. The average molecular weight is 317 g/mol. The van der Waals surface area contributed by atoms with E-state index in [1.165, 1.54) is 22.2 Å². The van der Waals surface area contributed by atoms with E-state index in [-0.39, 0.29) is 18.0 Å². The summed E-state index contributed by atoms with van der Waals surface area (Å²) < 4.78 is 0. The van der Waals surface area contributed by atoms with Crippen LogP contribution in [0.15, 0.2) is 54.6 Å². The molecule has 5 rings (SSSR count). The van der Waals surface area contributed by atoms with Crippen LogP contribution in [0, 0.1) is 0 Å². The molecule has 1 aromatic heterocycles. The summed E-state index contributed by atoms with van der Waals surface area (Å²) in [4.78, 5) is 18.5. The van der Waals surface area contributed by atoms with Crippen molar-refractivity contribution in [2.75, 3.05) is 13.1 Å². The molecule has 1 saturated heterocycles. The largest absolute Gasteiger partial charge is 0.357 e. The molecule has 3 heterocycles. The quantitative estimate of drug-likeness (QED) is 0.725. The van der Waals surface area contributed by atoms with Crippen LogP contribution < -0.4 is 5.32 Å². The zero-order chi connectivity index (χ0) is 16.1. The van der Waals surface area contributed by atoms with Gasteiger partial charge in [0, 0.05) is 29.7 Å². The van der Waals surface area contributed by atoms with Crippen molar-refractivity contribution in [3.05, 3.63) is 71.4 Å². The number of hydrogen-bond donors (Lipinski definition) is 2. The Labute approximate surface area is 140 Å². The number of nitrogens with zero attached hydrogens (tertiary/aromatic N) is 1. The standard InChI is InChI=1S/C20H19N3O/c24-20-17-12-15-14-8-4-5-9-16(14)22-18(15)19(23(17)11-10-21-20)13-6-2-1-3-7-13/h1-9,17,19,22H,10-12H2,(H,21,24)/t17-,19-/m0/s1. The molecule has 24 heavy (non-hydrogen) atoms. The minimum atomic E-state index is -0.0873. The highest BCUT2D eigenvalue weighted by Crippen LogP contribution is 2.41. The van der Waals surface area contributed by atoms with Crippen LogP contribution in [0.5, 0.6) is 0 Å². The summed E-state index contributed by atoms with van der Waals surface area (Å²) in [6, 6.07) is 18.9. The molecule has 120 valence electrons. The van der Waals surface area contributed by atoms with Gasteiger partial charge in [-0.3, -0.25) is 9.69 Å². The van der Waals surface area contributed by atoms with Gasteiger partial charge < -0.3 is 10.3 Å². The molecule has 2 aliphatic rings. The summed E-state index contributed by atoms with van der Waals surface area (Å²) in [7, 11) is 0. The van der Waals surface area contributed by atoms with E-state index in [0.717, 1.165) is 18.5 Å². The lowest BCUT2D eigenvalue weighted by Gasteiger charge is -2.44. The van der Waals surface area contributed by atoms with Crippen molar-refractivity contribution in [1.29, 1.82) is 0 Å². The van der Waals surface area contributed by atoms with Gasteiger partial charge in [-0.25, -0.2) is 0 Å². The van der Waals surface area contributed by atoms with E-state index in [1.807, 2.05) is 6.07 Å². The van der Waals surface area contributed by atoms with Crippen molar-refractivity contribution < 1.29 is 4.79 Å². The zero-order valence-electron chi connectivity index (χ0n) is 13.3. The molecule has 0 aliphatic carbocycles. The number of hydrogen-bond acceptors (Lipinski definition) is 2. The van der Waals surface area contributed by atoms with Crippen molar-refractivity contribution >= 4 is 16.8 Å². The summed E-state index contributed by atoms with van der Waals surface area (Å²) in [5, 5.41) is 4.28. The number of para-hydroxylation sites is 1. The van der Waals surface area contributed by atoms with Crippen LogP contribution in [0.2, 0.25) is 0 Å². The van der Waals surface area contributed by atoms with E-state index in [4.69, 9.17) is 0 Å². The summed E-state index contributed by atoms with van der Waals surface area (Å²) >= 11 is 0. The monoisotopic (exact) mass is 317 g/mol. The van der Waals surface area contributed by atoms with Gasteiger partial charge in [-0.2, -0.15) is 0 Å². The fourth-order valence-electron chi connectivity index (χ4n) is 4.28. The van der Waals surface area contributed by atoms with Gasteiger partial charge in [0.1, 0.15) is 0 Å². The summed E-state index contributed by atoms with van der Waals surface area (Å²) in [5.74, 6) is 0.151. The van der Waals surface area contributed by atoms with Crippen LogP contribution in [-0.2, 0) is 11.2 Å². The number of benzene rings is 2. The van der Waals surface area contributed by atoms with Crippen LogP contribution in [0.4, 0.5) is 0 Å². The fraction of sp³-hybridized carbons (Fsp3) is 0.250. The number of fused-ring (bicyclic) bond motifs is 4. The number of carbonyl (C=O) groups is 1. The highest BCUT2D eigenvalue weighted by Gasteiger charge is 2.42. The molecule has 3 aromatic rings. The van der Waals surface area contributed by atoms with E-state index in [1.54, 1.807) is 0 Å². The van der Waals surface area contributed by atoms with Crippen molar-refractivity contribution in [3.63, 3.8) is 0 Å². The van der Waals surface area contributed by atoms with Gasteiger partial charge >= 0.3 is 0 Å². The Morgan fingerprint density at radius 2 is 1.79 bits per heavy atom. The number of rotatable bonds is 1. The molecule has 2 N–H and O–H groups in total. The molecule has 1 fully saturated rings. The van der Waals surface area contributed by atoms with Crippen LogP contribution in [0.3, 0.4) is 0 Å². The second-order valence-electron chi connectivity index (χ2n) is 6.62. The number of amides is 1. The van der Waals surface area contributed by atoms with Crippen molar-refractivity contribution in [2.24, 2.45) is 0 Å². The van der Waals surface area contributed by atoms with E-state index >= 15 is 0 Å². The summed E-state index contributed by atoms with van der Waals surface area (Å²) in [5.41, 5.74) is 4.93. The maximum atomic E-state index is 12.5. The minimum absolute atomic E-state index is 0.0873. The lowest BCUT2D eigenvalue weighted by Crippen LogP contribution is -2.59. The first-order valence-electron chi connectivity index (χ1n) is 8.51. The van der Waals surface area contributed by atoms with Gasteiger partial charge in [0.25, 0.3) is 0 Å². The first kappa shape index (κ1) is 13.8. The fourth-order valence-corrected chi connectivity index (χ4v) is 4.28. The lowest BCUT2D eigenvalue weighted by atomic mass is 9.87. The van der Waals surface area contributed by atoms with Crippen LogP contribution in [0.1, 0.15) is 22.9 Å². The molecular weight excluding hydrogens is 298 g/mol. The molecule has 0 saturated carbocycles. The molecule has 0 radical (unpaired) electrons. The Morgan fingerprint density at radius 1 is 1.00 bits per heavy atom. The van der Waals surface area contributed by atoms with Crippen LogP contribution >= 0.6 is 0 Å². The zero-order valence-corrected chi connectivity index (χ0v) is 13.3. The second-order valence-corrected chi connectivity index (χ2v) is 6.62. The third-order valence-electron chi connectivity index (χ3n) is 5.34. The maximum absolute atomic E-state index is 12.5. The minimum Gasteiger partial charge on any atom is -0.357 e. The van der Waals surface area contributed by atoms with Gasteiger partial charge in [0.15, 0.2) is 0 Å². The van der Waals surface area contributed by atoms with Crippen LogP contribution in [-0.4, -0.2) is 34.9 Å². The van der Waals surface area contributed by atoms with E-state index < -0.39 is 0 Å². The summed E-state index contributed by atoms with van der Waals surface area (Å²) in [6.07, 6.45) is 0.772. The topological polar surface area (TPSA) is 48.1 Å². The van der Waals surface area contributed by atoms with Crippen LogP contribution in [0.25, 0.3) is 10.9 Å². The lowest BCUT2D eigenvalue weighted by molar-refractivity contribution is -0.130. The average Bonchev–Trinajstić information content (AvgIpc) is 2.99. The third kappa shape index (κ3) is 1.93. The first-order valence-corrected chi connectivity index (χ1v) is 8.51. The predicted octanol–water partition coefficient (Wildman–Crippen LogP) is 2.61. The number of aromatic amines is 1. The van der Waals surface area contributed by atoms with Crippen molar-refractivity contribution in [3.8, 4) is 0 Å². The highest BCUT2D eigenvalue weighted by atomic mass is 16.2. The maximum Gasteiger partial charge on any atom is 0.237 e. The number of carbonyl (C=O) groups excluding carboxylic acids is 1. The predicted molar refractivity (Wildman–Crippen MR) is 93.8 cm³/mol. The molecule has 2 atom stereocenters. The normalized spacial score (nSPS) is 23.6. The van der Waals surface area contributed by atoms with Gasteiger partial charge in [-0.15, -0.1) is 0 Å². The molecule has 2 aliphatic heterocycles. The molecule has 0 bridgehead atoms. The smallest absolute Gasteiger partial charge is 0.237 e. The Morgan fingerprint density at radius 3 is 2.67 bits per heavy atom. The number of nitrogens with one attached hydrogen (secondary N) is 2. The Balaban J connectivity index is 1.75. The molecular formula is C20H19N3O. The Hall–Kier alpha value is -2.59. The van der Waals surface area contributed by atoms with Crippen molar-refractivity contribution in [2.45, 2.75) is 18.5 Å². The molecule has 1 amide bonds. The molecule has 4 heteroatoms. The molecule has 0 unspecified atom stereocenters. The molecule has 2 aromatic carbocycles. The molecule has 4 nitrogen and oxygen atoms in total. The van der Waals surface area contributed by atoms with Gasteiger partial charge in [-0.1, -0.05) is 48.5 Å². The number of aromatic nitrogens is 1. The van der Waals surface area contributed by atoms with Gasteiger partial charge in [0.05, 0.1) is 12.1 Å². The SMILES string of the molecule is O=C1NCCN2[C@@H](c3ccccc3)c3[nH]c4ccccc4c3C[C@@H]12. The van der Waals surface area contributed by atoms with Gasteiger partial charge in [-0.05, 0) is 23.6 Å². The second kappa shape index (κ2) is 5.21. The summed E-state index contributed by atoms with van der Waals surface area (Å²) in [6.45, 7) is 1.60. The number of piperazine rings is 1. The van der Waals surface area contributed by atoms with Gasteiger partial charge in [0.2, 0.25) is 5.91 Å². The molecule has 0 spiro atoms. The first-order chi connectivity index (χ1) is 11.8. The Kier molecular flexibility index (Phi) is 3.00.